The molecule has 0 radical (unpaired) electrons. The molecular formula is C34H36ClN3O6S. The first-order chi connectivity index (χ1) is 21.6. The normalized spacial score (nSPS) is 11.8. The maximum absolute atomic E-state index is 14.5. The SMILES string of the molecule is CNC(=O)[C@@H](Cc1ccccc1)N(Cc1cccc(Cl)c1)C(=O)CN(c1cc(OC)ccc1OC)S(=O)(=O)c1ccc(C)cc1. The summed E-state index contributed by atoms with van der Waals surface area (Å²) in [5.74, 6) is -0.431. The van der Waals surface area contributed by atoms with Crippen molar-refractivity contribution < 1.29 is 27.5 Å². The minimum Gasteiger partial charge on any atom is -0.497 e. The number of ether oxygens (including phenoxy) is 2. The van der Waals surface area contributed by atoms with E-state index >= 15 is 0 Å². The van der Waals surface area contributed by atoms with Gasteiger partial charge in [0, 0.05) is 31.1 Å². The number of nitrogens with one attached hydrogen (secondary N) is 1. The number of amides is 2. The minimum absolute atomic E-state index is 0.00201. The molecule has 0 saturated heterocycles. The van der Waals surface area contributed by atoms with Gasteiger partial charge in [-0.15, -0.1) is 0 Å². The van der Waals surface area contributed by atoms with Gasteiger partial charge in [0.15, 0.2) is 0 Å². The number of halogens is 1. The molecule has 0 aliphatic rings. The van der Waals surface area contributed by atoms with E-state index in [4.69, 9.17) is 21.1 Å². The van der Waals surface area contributed by atoms with Crippen LogP contribution in [-0.2, 0) is 32.6 Å². The van der Waals surface area contributed by atoms with Crippen LogP contribution in [0.3, 0.4) is 0 Å². The van der Waals surface area contributed by atoms with Gasteiger partial charge in [-0.25, -0.2) is 8.42 Å². The monoisotopic (exact) mass is 649 g/mol. The van der Waals surface area contributed by atoms with Gasteiger partial charge in [-0.1, -0.05) is 71.8 Å². The maximum Gasteiger partial charge on any atom is 0.264 e. The predicted octanol–water partition coefficient (Wildman–Crippen LogP) is 5.25. The van der Waals surface area contributed by atoms with Crippen LogP contribution in [-0.4, -0.2) is 59.0 Å². The van der Waals surface area contributed by atoms with Gasteiger partial charge >= 0.3 is 0 Å². The highest BCUT2D eigenvalue weighted by Gasteiger charge is 2.35. The molecule has 45 heavy (non-hydrogen) atoms. The number of sulfonamides is 1. The first kappa shape index (κ1) is 33.4. The average Bonchev–Trinajstić information content (AvgIpc) is 3.05. The van der Waals surface area contributed by atoms with Gasteiger partial charge in [0.1, 0.15) is 24.1 Å². The van der Waals surface area contributed by atoms with Crippen molar-refractivity contribution in [1.29, 1.82) is 0 Å². The summed E-state index contributed by atoms with van der Waals surface area (Å²) in [6.45, 7) is 1.21. The molecular weight excluding hydrogens is 614 g/mol. The summed E-state index contributed by atoms with van der Waals surface area (Å²) in [5.41, 5.74) is 2.48. The molecule has 0 aromatic heterocycles. The molecule has 9 nitrogen and oxygen atoms in total. The second-order valence-corrected chi connectivity index (χ2v) is 12.6. The van der Waals surface area contributed by atoms with Crippen LogP contribution < -0.4 is 19.1 Å². The molecule has 4 aromatic carbocycles. The summed E-state index contributed by atoms with van der Waals surface area (Å²) < 4.78 is 40.5. The number of methoxy groups -OCH3 is 2. The fourth-order valence-electron chi connectivity index (χ4n) is 4.90. The largest absolute Gasteiger partial charge is 0.497 e. The van der Waals surface area contributed by atoms with E-state index in [0.717, 1.165) is 15.4 Å². The molecule has 4 aromatic rings. The van der Waals surface area contributed by atoms with Crippen LogP contribution in [0.4, 0.5) is 5.69 Å². The summed E-state index contributed by atoms with van der Waals surface area (Å²) in [7, 11) is 0.0508. The number of carbonyl (C=O) groups is 2. The Morgan fingerprint density at radius 1 is 0.867 bits per heavy atom. The van der Waals surface area contributed by atoms with Crippen LogP contribution in [0, 0.1) is 6.92 Å². The third kappa shape index (κ3) is 8.14. The molecule has 0 aliphatic carbocycles. The van der Waals surface area contributed by atoms with Crippen LogP contribution in [0.15, 0.2) is 102 Å². The number of nitrogens with zero attached hydrogens (tertiary/aromatic N) is 2. The van der Waals surface area contributed by atoms with E-state index in [-0.39, 0.29) is 29.3 Å². The summed E-state index contributed by atoms with van der Waals surface area (Å²) >= 11 is 6.28. The van der Waals surface area contributed by atoms with Crippen molar-refractivity contribution in [3.8, 4) is 11.5 Å². The zero-order valence-corrected chi connectivity index (χ0v) is 27.1. The van der Waals surface area contributed by atoms with E-state index in [2.05, 4.69) is 5.32 Å². The Hall–Kier alpha value is -4.54. The van der Waals surface area contributed by atoms with Crippen LogP contribution in [0.5, 0.6) is 11.5 Å². The zero-order chi connectivity index (χ0) is 32.6. The molecule has 11 heteroatoms. The lowest BCUT2D eigenvalue weighted by atomic mass is 10.0. The number of benzene rings is 4. The average molecular weight is 650 g/mol. The van der Waals surface area contributed by atoms with E-state index in [1.165, 1.54) is 44.4 Å². The number of rotatable bonds is 13. The van der Waals surface area contributed by atoms with Crippen molar-refractivity contribution in [2.75, 3.05) is 32.1 Å². The van der Waals surface area contributed by atoms with Crippen LogP contribution in [0.2, 0.25) is 5.02 Å². The van der Waals surface area contributed by atoms with Gasteiger partial charge in [0.2, 0.25) is 11.8 Å². The smallest absolute Gasteiger partial charge is 0.264 e. The highest BCUT2D eigenvalue weighted by Crippen LogP contribution is 2.36. The molecule has 2 amide bonds. The Balaban J connectivity index is 1.85. The Labute approximate surface area is 269 Å². The highest BCUT2D eigenvalue weighted by atomic mass is 35.5. The second-order valence-electron chi connectivity index (χ2n) is 10.3. The quantitative estimate of drug-likeness (QED) is 0.212. The van der Waals surface area contributed by atoms with Crippen molar-refractivity contribution in [2.45, 2.75) is 30.8 Å². The summed E-state index contributed by atoms with van der Waals surface area (Å²) in [5, 5.41) is 3.13. The number of likely N-dealkylation sites (N-methyl/N-ethyl adjacent to an activating group) is 1. The molecule has 0 heterocycles. The summed E-state index contributed by atoms with van der Waals surface area (Å²) in [6, 6.07) is 26.3. The molecule has 236 valence electrons. The van der Waals surface area contributed by atoms with Crippen LogP contribution >= 0.6 is 11.6 Å². The van der Waals surface area contributed by atoms with Gasteiger partial charge in [-0.2, -0.15) is 0 Å². The van der Waals surface area contributed by atoms with Gasteiger partial charge in [0.25, 0.3) is 10.0 Å². The number of carbonyl (C=O) groups excluding carboxylic acids is 2. The molecule has 0 bridgehead atoms. The lowest BCUT2D eigenvalue weighted by molar-refractivity contribution is -0.139. The topological polar surface area (TPSA) is 105 Å². The Morgan fingerprint density at radius 3 is 2.18 bits per heavy atom. The van der Waals surface area contributed by atoms with E-state index in [9.17, 15) is 18.0 Å². The lowest BCUT2D eigenvalue weighted by Crippen LogP contribution is -2.53. The molecule has 0 saturated carbocycles. The van der Waals surface area contributed by atoms with Crippen molar-refractivity contribution in [3.63, 3.8) is 0 Å². The molecule has 0 spiro atoms. The molecule has 4 rings (SSSR count). The molecule has 0 unspecified atom stereocenters. The summed E-state index contributed by atoms with van der Waals surface area (Å²) in [4.78, 5) is 29.3. The number of aryl methyl sites for hydroxylation is 1. The van der Waals surface area contributed by atoms with Crippen LogP contribution in [0.25, 0.3) is 0 Å². The minimum atomic E-state index is -4.32. The van der Waals surface area contributed by atoms with E-state index in [1.807, 2.05) is 37.3 Å². The molecule has 1 atom stereocenters. The third-order valence-electron chi connectivity index (χ3n) is 7.30. The van der Waals surface area contributed by atoms with E-state index in [1.54, 1.807) is 48.5 Å². The van der Waals surface area contributed by atoms with Gasteiger partial charge in [-0.3, -0.25) is 13.9 Å². The van der Waals surface area contributed by atoms with E-state index in [0.29, 0.717) is 16.3 Å². The van der Waals surface area contributed by atoms with Crippen LogP contribution in [0.1, 0.15) is 16.7 Å². The maximum atomic E-state index is 14.5. The fraction of sp³-hybridized carbons (Fsp3) is 0.235. The molecule has 0 aliphatic heterocycles. The summed E-state index contributed by atoms with van der Waals surface area (Å²) in [6.07, 6.45) is 0.194. The van der Waals surface area contributed by atoms with Gasteiger partial charge in [0.05, 0.1) is 24.8 Å². The van der Waals surface area contributed by atoms with Gasteiger partial charge < -0.3 is 19.7 Å². The number of anilines is 1. The fourth-order valence-corrected chi connectivity index (χ4v) is 6.52. The predicted molar refractivity (Wildman–Crippen MR) is 175 cm³/mol. The molecule has 1 N–H and O–H groups in total. The number of hydrogen-bond donors (Lipinski definition) is 1. The first-order valence-electron chi connectivity index (χ1n) is 14.2. The zero-order valence-electron chi connectivity index (χ0n) is 25.6. The standard InChI is InChI=1S/C34H36ClN3O6S/c1-24-13-16-29(17-14-24)45(41,42)38(30-21-28(43-3)15-18-32(30)44-4)23-33(39)37(22-26-11-8-12-27(35)19-26)31(34(40)36-2)20-25-9-6-5-7-10-25/h5-19,21,31H,20,22-23H2,1-4H3,(H,36,40)/t31-/m1/s1. The number of hydrogen-bond acceptors (Lipinski definition) is 6. The van der Waals surface area contributed by atoms with Crippen molar-refractivity contribution in [3.05, 3.63) is 119 Å². The first-order valence-corrected chi connectivity index (χ1v) is 16.0. The van der Waals surface area contributed by atoms with E-state index < -0.39 is 34.4 Å². The highest BCUT2D eigenvalue weighted by molar-refractivity contribution is 7.92. The Morgan fingerprint density at radius 2 is 1.56 bits per heavy atom. The Kier molecular flexibility index (Phi) is 11.1. The van der Waals surface area contributed by atoms with Crippen molar-refractivity contribution in [1.82, 2.24) is 10.2 Å². The lowest BCUT2D eigenvalue weighted by Gasteiger charge is -2.34. The third-order valence-corrected chi connectivity index (χ3v) is 9.31. The van der Waals surface area contributed by atoms with Crippen molar-refractivity contribution >= 4 is 39.1 Å². The van der Waals surface area contributed by atoms with Crippen molar-refractivity contribution in [2.24, 2.45) is 0 Å². The second kappa shape index (κ2) is 15.0. The van der Waals surface area contributed by atoms with Gasteiger partial charge in [-0.05, 0) is 54.4 Å². The Bertz CT molecular complexity index is 1730. The molecule has 0 fully saturated rings.